The Kier molecular flexibility index (Phi) is 5.62. The van der Waals surface area contributed by atoms with Gasteiger partial charge in [0.1, 0.15) is 17.2 Å². The lowest BCUT2D eigenvalue weighted by Gasteiger charge is -2.13. The average Bonchev–Trinajstić information content (AvgIpc) is 3.09. The van der Waals surface area contributed by atoms with Crippen molar-refractivity contribution in [1.82, 2.24) is 14.9 Å². The van der Waals surface area contributed by atoms with Crippen LogP contribution in [-0.2, 0) is 10.0 Å². The molecule has 33 heavy (non-hydrogen) atoms. The summed E-state index contributed by atoms with van der Waals surface area (Å²) in [4.78, 5) is 12.4. The van der Waals surface area contributed by atoms with Crippen LogP contribution < -0.4 is 10.3 Å². The van der Waals surface area contributed by atoms with E-state index in [9.17, 15) is 17.6 Å². The van der Waals surface area contributed by atoms with Gasteiger partial charge >= 0.3 is 0 Å². The Labute approximate surface area is 189 Å². The Morgan fingerprint density at radius 3 is 2.36 bits per heavy atom. The number of halogens is 1. The fourth-order valence-electron chi connectivity index (χ4n) is 3.42. The molecule has 4 rings (SSSR count). The quantitative estimate of drug-likeness (QED) is 0.473. The molecular weight excluding hydrogens is 447 g/mol. The van der Waals surface area contributed by atoms with Crippen LogP contribution in [0.1, 0.15) is 22.6 Å². The normalized spacial score (nSPS) is 11.5. The Bertz CT molecular complexity index is 1520. The van der Waals surface area contributed by atoms with E-state index in [-0.39, 0.29) is 16.1 Å². The molecule has 0 atom stereocenters. The molecule has 2 aromatic carbocycles. The summed E-state index contributed by atoms with van der Waals surface area (Å²) in [6, 6.07) is 11.8. The molecule has 0 spiro atoms. The number of nitrogens with zero attached hydrogens (tertiary/aromatic N) is 3. The van der Waals surface area contributed by atoms with Crippen LogP contribution in [0.4, 0.5) is 10.1 Å². The first-order valence-electron chi connectivity index (χ1n) is 10.0. The Balaban J connectivity index is 1.77. The summed E-state index contributed by atoms with van der Waals surface area (Å²) in [5.41, 5.74) is 2.45. The van der Waals surface area contributed by atoms with Gasteiger partial charge in [0.25, 0.3) is 15.6 Å². The van der Waals surface area contributed by atoms with Gasteiger partial charge < -0.3 is 4.52 Å². The number of aryl methyl sites for hydroxylation is 4. The zero-order valence-corrected chi connectivity index (χ0v) is 19.2. The minimum atomic E-state index is -4.02. The van der Waals surface area contributed by atoms with Crippen molar-refractivity contribution in [3.05, 3.63) is 87.3 Å². The van der Waals surface area contributed by atoms with E-state index in [2.05, 4.69) is 15.0 Å². The van der Waals surface area contributed by atoms with Gasteiger partial charge in [0.05, 0.1) is 16.3 Å². The maximum absolute atomic E-state index is 13.9. The van der Waals surface area contributed by atoms with Crippen LogP contribution in [0.2, 0.25) is 0 Å². The molecule has 0 radical (unpaired) electrons. The van der Waals surface area contributed by atoms with E-state index in [1.807, 2.05) is 0 Å². The van der Waals surface area contributed by atoms with Gasteiger partial charge in [-0.1, -0.05) is 23.4 Å². The molecule has 0 bridgehead atoms. The number of hydrogen-bond donors (Lipinski definition) is 1. The molecule has 0 saturated heterocycles. The zero-order chi connectivity index (χ0) is 23.9. The molecule has 0 aliphatic heterocycles. The molecule has 2 aromatic heterocycles. The van der Waals surface area contributed by atoms with Crippen LogP contribution in [0.5, 0.6) is 0 Å². The Hall–Kier alpha value is -3.79. The third-order valence-corrected chi connectivity index (χ3v) is 6.73. The fourth-order valence-corrected chi connectivity index (χ4v) is 4.74. The van der Waals surface area contributed by atoms with Crippen LogP contribution in [0.15, 0.2) is 62.7 Å². The molecule has 0 amide bonds. The second kappa shape index (κ2) is 8.28. The third-order valence-electron chi connectivity index (χ3n) is 5.21. The van der Waals surface area contributed by atoms with Gasteiger partial charge in [-0.05, 0) is 63.1 Å². The number of hydrogen-bond acceptors (Lipinski definition) is 6. The van der Waals surface area contributed by atoms with Crippen molar-refractivity contribution in [3.8, 4) is 16.9 Å². The predicted molar refractivity (Wildman–Crippen MR) is 121 cm³/mol. The smallest absolute Gasteiger partial charge is 0.271 e. The monoisotopic (exact) mass is 468 g/mol. The van der Waals surface area contributed by atoms with Crippen LogP contribution in [0, 0.1) is 33.5 Å². The highest BCUT2D eigenvalue weighted by Gasteiger charge is 2.20. The van der Waals surface area contributed by atoms with Crippen molar-refractivity contribution in [1.29, 1.82) is 0 Å². The lowest BCUT2D eigenvalue weighted by molar-refractivity contribution is 0.392. The first-order chi connectivity index (χ1) is 15.6. The second-order valence-corrected chi connectivity index (χ2v) is 9.34. The molecule has 2 heterocycles. The minimum Gasteiger partial charge on any atom is -0.359 e. The minimum absolute atomic E-state index is 0.0119. The number of nitrogens with one attached hydrogen (secondary N) is 1. The van der Waals surface area contributed by atoms with Crippen LogP contribution in [-0.4, -0.2) is 23.4 Å². The number of rotatable bonds is 5. The van der Waals surface area contributed by atoms with E-state index in [0.29, 0.717) is 39.5 Å². The van der Waals surface area contributed by atoms with Gasteiger partial charge in [0, 0.05) is 11.6 Å². The Morgan fingerprint density at radius 2 is 1.70 bits per heavy atom. The van der Waals surface area contributed by atoms with Crippen LogP contribution in [0.3, 0.4) is 0 Å². The van der Waals surface area contributed by atoms with Gasteiger partial charge in [-0.3, -0.25) is 9.52 Å². The number of aromatic nitrogens is 3. The van der Waals surface area contributed by atoms with Crippen molar-refractivity contribution in [2.24, 2.45) is 0 Å². The number of benzene rings is 2. The average molecular weight is 469 g/mol. The van der Waals surface area contributed by atoms with Crippen molar-refractivity contribution in [3.63, 3.8) is 0 Å². The van der Waals surface area contributed by atoms with Gasteiger partial charge in [0.2, 0.25) is 0 Å². The maximum Gasteiger partial charge on any atom is 0.271 e. The molecule has 0 aliphatic carbocycles. The lowest BCUT2D eigenvalue weighted by atomic mass is 10.1. The third kappa shape index (κ3) is 4.29. The highest BCUT2D eigenvalue weighted by Crippen LogP contribution is 2.26. The summed E-state index contributed by atoms with van der Waals surface area (Å²) in [6.45, 7) is 6.62. The van der Waals surface area contributed by atoms with E-state index >= 15 is 0 Å². The van der Waals surface area contributed by atoms with Crippen molar-refractivity contribution in [2.45, 2.75) is 32.6 Å². The van der Waals surface area contributed by atoms with E-state index in [0.717, 1.165) is 6.07 Å². The molecule has 0 aliphatic rings. The van der Waals surface area contributed by atoms with Gasteiger partial charge in [-0.2, -0.15) is 9.78 Å². The SMILES string of the molecule is Cc1ccc(NS(=O)(=O)c2cc(-c3ccc(=O)n(-c4c(C)noc4C)n3)ccc2C)cc1F. The zero-order valence-electron chi connectivity index (χ0n) is 18.4. The molecule has 8 nitrogen and oxygen atoms in total. The summed E-state index contributed by atoms with van der Waals surface area (Å²) in [7, 11) is -4.02. The van der Waals surface area contributed by atoms with Crippen molar-refractivity contribution in [2.75, 3.05) is 4.72 Å². The van der Waals surface area contributed by atoms with E-state index in [1.54, 1.807) is 39.8 Å². The lowest BCUT2D eigenvalue weighted by Crippen LogP contribution is -2.21. The summed E-state index contributed by atoms with van der Waals surface area (Å²) in [5.74, 6) is -0.0765. The molecule has 0 unspecified atom stereocenters. The standard InChI is InChI=1S/C23H21FN4O4S/c1-13-6-8-18(12-19(13)24)27-33(30,31)21-11-17(7-5-14(21)2)20-9-10-22(29)28(25-20)23-15(3)26-32-16(23)4/h5-12,27H,1-4H3. The van der Waals surface area contributed by atoms with Gasteiger partial charge in [-0.15, -0.1) is 0 Å². The molecule has 1 N–H and O–H groups in total. The van der Waals surface area contributed by atoms with E-state index in [4.69, 9.17) is 4.52 Å². The molecular formula is C23H21FN4O4S. The molecule has 0 saturated carbocycles. The highest BCUT2D eigenvalue weighted by molar-refractivity contribution is 7.92. The van der Waals surface area contributed by atoms with Gasteiger partial charge in [-0.25, -0.2) is 12.8 Å². The number of sulfonamides is 1. The predicted octanol–water partition coefficient (Wildman–Crippen LogP) is 4.06. The summed E-state index contributed by atoms with van der Waals surface area (Å²) < 4.78 is 48.8. The van der Waals surface area contributed by atoms with Gasteiger partial charge in [0.15, 0.2) is 5.76 Å². The first-order valence-corrected chi connectivity index (χ1v) is 11.5. The van der Waals surface area contributed by atoms with Crippen molar-refractivity contribution >= 4 is 15.7 Å². The molecule has 0 fully saturated rings. The molecule has 4 aromatic rings. The van der Waals surface area contributed by atoms with Crippen molar-refractivity contribution < 1.29 is 17.3 Å². The van der Waals surface area contributed by atoms with Crippen LogP contribution in [0.25, 0.3) is 16.9 Å². The topological polar surface area (TPSA) is 107 Å². The van der Waals surface area contributed by atoms with E-state index < -0.39 is 15.8 Å². The van der Waals surface area contributed by atoms with E-state index in [1.165, 1.54) is 35.0 Å². The Morgan fingerprint density at radius 1 is 0.970 bits per heavy atom. The van der Waals surface area contributed by atoms with Crippen LogP contribution >= 0.6 is 0 Å². The molecule has 170 valence electrons. The largest absolute Gasteiger partial charge is 0.359 e. The molecule has 10 heteroatoms. The fraction of sp³-hybridized carbons (Fsp3) is 0.174. The second-order valence-electron chi connectivity index (χ2n) is 7.69. The summed E-state index contributed by atoms with van der Waals surface area (Å²) >= 11 is 0. The summed E-state index contributed by atoms with van der Waals surface area (Å²) in [5, 5.41) is 8.26. The summed E-state index contributed by atoms with van der Waals surface area (Å²) in [6.07, 6.45) is 0. The number of anilines is 1. The maximum atomic E-state index is 13.9. The first kappa shape index (κ1) is 22.4. The highest BCUT2D eigenvalue weighted by atomic mass is 32.2.